The van der Waals surface area contributed by atoms with Crippen molar-refractivity contribution in [3.05, 3.63) is 30.3 Å². The van der Waals surface area contributed by atoms with Crippen LogP contribution in [0, 0.1) is 5.92 Å². The number of benzene rings is 1. The molecule has 0 bridgehead atoms. The van der Waals surface area contributed by atoms with E-state index in [1.165, 1.54) is 12.8 Å². The lowest BCUT2D eigenvalue weighted by Gasteiger charge is -2.24. The van der Waals surface area contributed by atoms with E-state index in [1.54, 1.807) is 7.11 Å². The van der Waals surface area contributed by atoms with E-state index in [0.29, 0.717) is 18.9 Å². The minimum Gasteiger partial charge on any atom is -0.380 e. The summed E-state index contributed by atoms with van der Waals surface area (Å²) in [5.41, 5.74) is 6.55. The second-order valence-corrected chi connectivity index (χ2v) is 5.08. The molecule has 0 radical (unpaired) electrons. The van der Waals surface area contributed by atoms with Crippen molar-refractivity contribution in [1.29, 1.82) is 0 Å². The Morgan fingerprint density at radius 2 is 2.11 bits per heavy atom. The molecule has 1 aliphatic rings. The van der Waals surface area contributed by atoms with Gasteiger partial charge in [-0.05, 0) is 30.9 Å². The van der Waals surface area contributed by atoms with Crippen molar-refractivity contribution in [3.8, 4) is 0 Å². The SMILES string of the molecule is COC(CN)CC(=O)N(CC1CC1)c1ccccc1. The van der Waals surface area contributed by atoms with Gasteiger partial charge in [-0.1, -0.05) is 18.2 Å². The highest BCUT2D eigenvalue weighted by atomic mass is 16.5. The molecule has 0 aliphatic heterocycles. The van der Waals surface area contributed by atoms with E-state index in [9.17, 15) is 4.79 Å². The number of anilines is 1. The Bertz CT molecular complexity index is 400. The summed E-state index contributed by atoms with van der Waals surface area (Å²) in [5.74, 6) is 0.749. The van der Waals surface area contributed by atoms with Crippen molar-refractivity contribution in [3.63, 3.8) is 0 Å². The summed E-state index contributed by atoms with van der Waals surface area (Å²) >= 11 is 0. The molecule has 104 valence electrons. The molecule has 0 aromatic heterocycles. The summed E-state index contributed by atoms with van der Waals surface area (Å²) in [4.78, 5) is 14.3. The third-order valence-electron chi connectivity index (χ3n) is 3.51. The molecule has 4 heteroatoms. The van der Waals surface area contributed by atoms with Crippen LogP contribution in [-0.4, -0.2) is 32.2 Å². The zero-order valence-corrected chi connectivity index (χ0v) is 11.4. The smallest absolute Gasteiger partial charge is 0.229 e. The van der Waals surface area contributed by atoms with Gasteiger partial charge in [0.15, 0.2) is 0 Å². The molecule has 0 saturated heterocycles. The van der Waals surface area contributed by atoms with Crippen LogP contribution < -0.4 is 10.6 Å². The lowest BCUT2D eigenvalue weighted by molar-refractivity contribution is -0.120. The summed E-state index contributed by atoms with van der Waals surface area (Å²) in [6, 6.07) is 9.83. The fourth-order valence-electron chi connectivity index (χ4n) is 2.09. The summed E-state index contributed by atoms with van der Waals surface area (Å²) in [5, 5.41) is 0. The number of ether oxygens (including phenoxy) is 1. The van der Waals surface area contributed by atoms with Crippen molar-refractivity contribution >= 4 is 11.6 Å². The van der Waals surface area contributed by atoms with E-state index in [4.69, 9.17) is 10.5 Å². The molecule has 1 unspecified atom stereocenters. The number of methoxy groups -OCH3 is 1. The maximum Gasteiger partial charge on any atom is 0.229 e. The Labute approximate surface area is 114 Å². The van der Waals surface area contributed by atoms with Gasteiger partial charge in [0, 0.05) is 25.9 Å². The van der Waals surface area contributed by atoms with Crippen LogP contribution in [0.2, 0.25) is 0 Å². The van der Waals surface area contributed by atoms with Gasteiger partial charge >= 0.3 is 0 Å². The van der Waals surface area contributed by atoms with Crippen molar-refractivity contribution < 1.29 is 9.53 Å². The topological polar surface area (TPSA) is 55.6 Å². The number of carbonyl (C=O) groups is 1. The van der Waals surface area contributed by atoms with Crippen LogP contribution in [0.15, 0.2) is 30.3 Å². The molecule has 0 heterocycles. The molecule has 1 aliphatic carbocycles. The summed E-state index contributed by atoms with van der Waals surface area (Å²) in [7, 11) is 1.60. The molecule has 1 aromatic rings. The lowest BCUT2D eigenvalue weighted by atomic mass is 10.2. The minimum absolute atomic E-state index is 0.0930. The largest absolute Gasteiger partial charge is 0.380 e. The quantitative estimate of drug-likeness (QED) is 0.815. The van der Waals surface area contributed by atoms with Crippen molar-refractivity contribution in [1.82, 2.24) is 0 Å². The Hall–Kier alpha value is -1.39. The maximum atomic E-state index is 12.4. The minimum atomic E-state index is -0.196. The summed E-state index contributed by atoms with van der Waals surface area (Å²) < 4.78 is 5.20. The third-order valence-corrected chi connectivity index (χ3v) is 3.51. The van der Waals surface area contributed by atoms with Gasteiger partial charge in [-0.3, -0.25) is 4.79 Å². The summed E-state index contributed by atoms with van der Waals surface area (Å²) in [6.45, 7) is 1.18. The van der Waals surface area contributed by atoms with E-state index < -0.39 is 0 Å². The second kappa shape index (κ2) is 6.68. The number of hydrogen-bond donors (Lipinski definition) is 1. The first-order chi connectivity index (χ1) is 9.24. The van der Waals surface area contributed by atoms with Crippen molar-refractivity contribution in [2.24, 2.45) is 11.7 Å². The second-order valence-electron chi connectivity index (χ2n) is 5.08. The van der Waals surface area contributed by atoms with Gasteiger partial charge < -0.3 is 15.4 Å². The Balaban J connectivity index is 2.06. The van der Waals surface area contributed by atoms with Gasteiger partial charge in [-0.15, -0.1) is 0 Å². The zero-order valence-electron chi connectivity index (χ0n) is 11.4. The fraction of sp³-hybridized carbons (Fsp3) is 0.533. The zero-order chi connectivity index (χ0) is 13.7. The van der Waals surface area contributed by atoms with Crippen LogP contribution in [0.3, 0.4) is 0 Å². The average molecular weight is 262 g/mol. The molecular formula is C15H22N2O2. The predicted octanol–water partition coefficient (Wildman–Crippen LogP) is 1.79. The average Bonchev–Trinajstić information content (AvgIpc) is 3.27. The first kappa shape index (κ1) is 14.0. The van der Waals surface area contributed by atoms with Crippen molar-refractivity contribution in [2.45, 2.75) is 25.4 Å². The highest BCUT2D eigenvalue weighted by Crippen LogP contribution is 2.31. The van der Waals surface area contributed by atoms with E-state index in [2.05, 4.69) is 0 Å². The first-order valence-corrected chi connectivity index (χ1v) is 6.83. The molecule has 2 rings (SSSR count). The van der Waals surface area contributed by atoms with E-state index in [-0.39, 0.29) is 12.0 Å². The van der Waals surface area contributed by atoms with Crippen LogP contribution in [-0.2, 0) is 9.53 Å². The molecule has 1 atom stereocenters. The molecule has 4 nitrogen and oxygen atoms in total. The third kappa shape index (κ3) is 4.04. The summed E-state index contributed by atoms with van der Waals surface area (Å²) in [6.07, 6.45) is 2.59. The van der Waals surface area contributed by atoms with Crippen LogP contribution in [0.4, 0.5) is 5.69 Å². The molecule has 1 aromatic carbocycles. The number of carbonyl (C=O) groups excluding carboxylic acids is 1. The highest BCUT2D eigenvalue weighted by Gasteiger charge is 2.28. The van der Waals surface area contributed by atoms with Gasteiger partial charge in [-0.2, -0.15) is 0 Å². The normalized spacial score (nSPS) is 16.1. The van der Waals surface area contributed by atoms with Crippen LogP contribution in [0.5, 0.6) is 0 Å². The number of nitrogens with two attached hydrogens (primary N) is 1. The Morgan fingerprint density at radius 3 is 2.63 bits per heavy atom. The molecular weight excluding hydrogens is 240 g/mol. The molecule has 1 saturated carbocycles. The van der Waals surface area contributed by atoms with Crippen LogP contribution >= 0.6 is 0 Å². The highest BCUT2D eigenvalue weighted by molar-refractivity contribution is 5.93. The lowest BCUT2D eigenvalue weighted by Crippen LogP contribution is -2.37. The Kier molecular flexibility index (Phi) is 4.93. The first-order valence-electron chi connectivity index (χ1n) is 6.83. The molecule has 1 amide bonds. The van der Waals surface area contributed by atoms with Gasteiger partial charge in [0.2, 0.25) is 5.91 Å². The fourth-order valence-corrected chi connectivity index (χ4v) is 2.09. The predicted molar refractivity (Wildman–Crippen MR) is 76.0 cm³/mol. The molecule has 19 heavy (non-hydrogen) atoms. The van der Waals surface area contributed by atoms with Crippen LogP contribution in [0.1, 0.15) is 19.3 Å². The number of rotatable bonds is 7. The molecule has 1 fully saturated rings. The van der Waals surface area contributed by atoms with Gasteiger partial charge in [0.05, 0.1) is 12.5 Å². The van der Waals surface area contributed by atoms with Gasteiger partial charge in [-0.25, -0.2) is 0 Å². The van der Waals surface area contributed by atoms with Crippen molar-refractivity contribution in [2.75, 3.05) is 25.1 Å². The van der Waals surface area contributed by atoms with Crippen LogP contribution in [0.25, 0.3) is 0 Å². The number of amides is 1. The number of para-hydroxylation sites is 1. The number of hydrogen-bond acceptors (Lipinski definition) is 3. The van der Waals surface area contributed by atoms with Gasteiger partial charge in [0.1, 0.15) is 0 Å². The molecule has 0 spiro atoms. The maximum absolute atomic E-state index is 12.4. The van der Waals surface area contributed by atoms with E-state index >= 15 is 0 Å². The molecule has 2 N–H and O–H groups in total. The Morgan fingerprint density at radius 1 is 1.42 bits per heavy atom. The van der Waals surface area contributed by atoms with E-state index in [1.807, 2.05) is 35.2 Å². The van der Waals surface area contributed by atoms with Gasteiger partial charge in [0.25, 0.3) is 0 Å². The standard InChI is InChI=1S/C15H22N2O2/c1-19-14(10-16)9-15(18)17(11-12-7-8-12)13-5-3-2-4-6-13/h2-6,12,14H,7-11,16H2,1H3. The number of nitrogens with zero attached hydrogens (tertiary/aromatic N) is 1. The van der Waals surface area contributed by atoms with E-state index in [0.717, 1.165) is 12.2 Å². The monoisotopic (exact) mass is 262 g/mol.